The number of nitrogens with zero attached hydrogens (tertiary/aromatic N) is 2. The second-order valence-corrected chi connectivity index (χ2v) is 8.26. The van der Waals surface area contributed by atoms with E-state index in [9.17, 15) is 4.79 Å². The summed E-state index contributed by atoms with van der Waals surface area (Å²) in [5, 5.41) is 11.3. The third-order valence-electron chi connectivity index (χ3n) is 5.78. The van der Waals surface area contributed by atoms with Crippen molar-refractivity contribution >= 4 is 23.2 Å². The van der Waals surface area contributed by atoms with Crippen LogP contribution < -0.4 is 20.1 Å². The lowest BCUT2D eigenvalue weighted by Crippen LogP contribution is -2.29. The van der Waals surface area contributed by atoms with Gasteiger partial charge in [0.1, 0.15) is 11.5 Å². The van der Waals surface area contributed by atoms with Crippen molar-refractivity contribution in [3.8, 4) is 17.2 Å². The molecule has 168 valence electrons. The number of anilines is 1. The Bertz CT molecular complexity index is 1110. The van der Waals surface area contributed by atoms with Crippen LogP contribution in [-0.2, 0) is 0 Å². The smallest absolute Gasteiger partial charge is 0.259 e. The molecule has 1 aromatic heterocycles. The minimum atomic E-state index is -0.253. The van der Waals surface area contributed by atoms with Crippen molar-refractivity contribution in [1.29, 1.82) is 0 Å². The van der Waals surface area contributed by atoms with Gasteiger partial charge in [0.15, 0.2) is 0 Å². The Hall–Kier alpha value is -3.03. The summed E-state index contributed by atoms with van der Waals surface area (Å²) in [4.78, 5) is 13.4. The Morgan fingerprint density at radius 3 is 2.47 bits per heavy atom. The van der Waals surface area contributed by atoms with E-state index < -0.39 is 0 Å². The van der Waals surface area contributed by atoms with Crippen LogP contribution in [0.3, 0.4) is 0 Å². The van der Waals surface area contributed by atoms with Crippen molar-refractivity contribution in [1.82, 2.24) is 15.1 Å². The van der Waals surface area contributed by atoms with Crippen LogP contribution in [0.15, 0.2) is 42.6 Å². The fourth-order valence-electron chi connectivity index (χ4n) is 4.06. The van der Waals surface area contributed by atoms with Crippen molar-refractivity contribution in [3.05, 3.63) is 64.4 Å². The highest BCUT2D eigenvalue weighted by Gasteiger charge is 2.27. The first-order valence-corrected chi connectivity index (χ1v) is 11.0. The summed E-state index contributed by atoms with van der Waals surface area (Å²) in [5.41, 5.74) is 4.06. The number of piperidine rings is 1. The first-order valence-electron chi connectivity index (χ1n) is 10.6. The zero-order valence-corrected chi connectivity index (χ0v) is 19.2. The molecule has 4 rings (SSSR count). The monoisotopic (exact) mass is 454 g/mol. The third-order valence-corrected chi connectivity index (χ3v) is 6.07. The molecule has 8 heteroatoms. The number of hydrogen-bond donors (Lipinski definition) is 2. The Morgan fingerprint density at radius 2 is 1.81 bits per heavy atom. The lowest BCUT2D eigenvalue weighted by molar-refractivity contribution is 0.102. The highest BCUT2D eigenvalue weighted by Crippen LogP contribution is 2.37. The lowest BCUT2D eigenvalue weighted by Gasteiger charge is -2.25. The van der Waals surface area contributed by atoms with Crippen LogP contribution in [0, 0.1) is 6.92 Å². The zero-order valence-electron chi connectivity index (χ0n) is 18.4. The SMILES string of the molecule is COc1cc(OC)c(NC(=O)c2cnn(-c3ccc(C)cc3)c2C2CCNCC2)cc1Cl. The Balaban J connectivity index is 1.72. The van der Waals surface area contributed by atoms with Crippen molar-refractivity contribution in [2.45, 2.75) is 25.7 Å². The number of amides is 1. The normalized spacial score (nSPS) is 14.2. The van der Waals surface area contributed by atoms with Crippen LogP contribution in [0.4, 0.5) is 5.69 Å². The number of rotatable bonds is 6. The van der Waals surface area contributed by atoms with Gasteiger partial charge >= 0.3 is 0 Å². The van der Waals surface area contributed by atoms with Crippen molar-refractivity contribution in [2.75, 3.05) is 32.6 Å². The maximum Gasteiger partial charge on any atom is 0.259 e. The molecule has 0 spiro atoms. The number of carbonyl (C=O) groups excluding carboxylic acids is 1. The molecular weight excluding hydrogens is 428 g/mol. The summed E-state index contributed by atoms with van der Waals surface area (Å²) in [6.07, 6.45) is 3.52. The topological polar surface area (TPSA) is 77.4 Å². The van der Waals surface area contributed by atoms with E-state index >= 15 is 0 Å². The number of aromatic nitrogens is 2. The van der Waals surface area contributed by atoms with E-state index in [1.165, 1.54) is 19.8 Å². The van der Waals surface area contributed by atoms with Crippen LogP contribution in [-0.4, -0.2) is 43.0 Å². The molecule has 0 unspecified atom stereocenters. The second-order valence-electron chi connectivity index (χ2n) is 7.86. The second kappa shape index (κ2) is 9.63. The number of aryl methyl sites for hydroxylation is 1. The number of hydrogen-bond acceptors (Lipinski definition) is 5. The predicted octanol–water partition coefficient (Wildman–Crippen LogP) is 4.57. The molecule has 1 amide bonds. The quantitative estimate of drug-likeness (QED) is 0.570. The molecule has 1 fully saturated rings. The zero-order chi connectivity index (χ0) is 22.7. The number of methoxy groups -OCH3 is 2. The standard InChI is InChI=1S/C24H27ClN4O3/c1-15-4-6-17(7-5-15)29-23(16-8-10-26-11-9-16)18(14-27-29)24(30)28-20-12-19(25)21(31-2)13-22(20)32-3/h4-7,12-14,16,26H,8-11H2,1-3H3,(H,28,30). The average Bonchev–Trinajstić information content (AvgIpc) is 3.26. The van der Waals surface area contributed by atoms with Gasteiger partial charge in [-0.05, 0) is 51.1 Å². The largest absolute Gasteiger partial charge is 0.495 e. The van der Waals surface area contributed by atoms with E-state index in [1.54, 1.807) is 18.3 Å². The van der Waals surface area contributed by atoms with Crippen LogP contribution >= 0.6 is 11.6 Å². The van der Waals surface area contributed by atoms with Gasteiger partial charge in [-0.3, -0.25) is 4.79 Å². The van der Waals surface area contributed by atoms with Gasteiger partial charge in [0.2, 0.25) is 0 Å². The molecular formula is C24H27ClN4O3. The summed E-state index contributed by atoms with van der Waals surface area (Å²) < 4.78 is 12.6. The number of ether oxygens (including phenoxy) is 2. The number of carbonyl (C=O) groups is 1. The van der Waals surface area contributed by atoms with Gasteiger partial charge < -0.3 is 20.1 Å². The predicted molar refractivity (Wildman–Crippen MR) is 126 cm³/mol. The summed E-state index contributed by atoms with van der Waals surface area (Å²) in [6.45, 7) is 3.87. The minimum Gasteiger partial charge on any atom is -0.495 e. The van der Waals surface area contributed by atoms with Gasteiger partial charge in [-0.1, -0.05) is 29.3 Å². The first-order chi connectivity index (χ1) is 15.5. The van der Waals surface area contributed by atoms with Crippen LogP contribution in [0.25, 0.3) is 5.69 Å². The fraction of sp³-hybridized carbons (Fsp3) is 0.333. The molecule has 3 aromatic rings. The number of halogens is 1. The van der Waals surface area contributed by atoms with Crippen molar-refractivity contribution in [2.24, 2.45) is 0 Å². The van der Waals surface area contributed by atoms with E-state index in [2.05, 4.69) is 15.7 Å². The molecule has 0 bridgehead atoms. The molecule has 2 heterocycles. The van der Waals surface area contributed by atoms with Gasteiger partial charge in [-0.2, -0.15) is 5.10 Å². The van der Waals surface area contributed by atoms with Gasteiger partial charge in [0.25, 0.3) is 5.91 Å². The van der Waals surface area contributed by atoms with E-state index in [0.29, 0.717) is 27.8 Å². The van der Waals surface area contributed by atoms with Crippen LogP contribution in [0.2, 0.25) is 5.02 Å². The van der Waals surface area contributed by atoms with Crippen molar-refractivity contribution in [3.63, 3.8) is 0 Å². The molecule has 1 saturated heterocycles. The molecule has 0 radical (unpaired) electrons. The van der Waals surface area contributed by atoms with E-state index in [1.807, 2.05) is 35.9 Å². The van der Waals surface area contributed by atoms with Crippen LogP contribution in [0.1, 0.15) is 40.4 Å². The number of benzene rings is 2. The summed E-state index contributed by atoms with van der Waals surface area (Å²) >= 11 is 6.28. The molecule has 32 heavy (non-hydrogen) atoms. The Morgan fingerprint density at radius 1 is 1.12 bits per heavy atom. The average molecular weight is 455 g/mol. The van der Waals surface area contributed by atoms with Gasteiger partial charge in [-0.25, -0.2) is 4.68 Å². The molecule has 1 aliphatic rings. The molecule has 0 aliphatic carbocycles. The van der Waals surface area contributed by atoms with Crippen molar-refractivity contribution < 1.29 is 14.3 Å². The molecule has 0 saturated carbocycles. The Kier molecular flexibility index (Phi) is 6.67. The lowest BCUT2D eigenvalue weighted by atomic mass is 9.91. The first kappa shape index (κ1) is 22.2. The highest BCUT2D eigenvalue weighted by atomic mass is 35.5. The molecule has 1 aliphatic heterocycles. The van der Waals surface area contributed by atoms with Gasteiger partial charge in [0.05, 0.1) is 48.1 Å². The maximum absolute atomic E-state index is 13.4. The number of nitrogens with one attached hydrogen (secondary N) is 2. The Labute approximate surface area is 192 Å². The molecule has 2 aromatic carbocycles. The molecule has 0 atom stereocenters. The summed E-state index contributed by atoms with van der Waals surface area (Å²) in [5.74, 6) is 0.914. The van der Waals surface area contributed by atoms with E-state index in [0.717, 1.165) is 37.3 Å². The molecule has 2 N–H and O–H groups in total. The summed E-state index contributed by atoms with van der Waals surface area (Å²) in [7, 11) is 3.07. The minimum absolute atomic E-state index is 0.224. The molecule has 7 nitrogen and oxygen atoms in total. The summed E-state index contributed by atoms with van der Waals surface area (Å²) in [6, 6.07) is 11.4. The third kappa shape index (κ3) is 4.45. The van der Waals surface area contributed by atoms with E-state index in [4.69, 9.17) is 21.1 Å². The van der Waals surface area contributed by atoms with Crippen LogP contribution in [0.5, 0.6) is 11.5 Å². The maximum atomic E-state index is 13.4. The van der Waals surface area contributed by atoms with Gasteiger partial charge in [-0.15, -0.1) is 0 Å². The highest BCUT2D eigenvalue weighted by molar-refractivity contribution is 6.32. The fourth-order valence-corrected chi connectivity index (χ4v) is 4.30. The van der Waals surface area contributed by atoms with E-state index in [-0.39, 0.29) is 11.8 Å². The van der Waals surface area contributed by atoms with Gasteiger partial charge in [0, 0.05) is 12.0 Å².